The highest BCUT2D eigenvalue weighted by Crippen LogP contribution is 2.37. The van der Waals surface area contributed by atoms with Gasteiger partial charge in [-0.1, -0.05) is 25.5 Å². The van der Waals surface area contributed by atoms with E-state index in [0.29, 0.717) is 12.5 Å². The van der Waals surface area contributed by atoms with Crippen LogP contribution in [0.1, 0.15) is 38.2 Å². The van der Waals surface area contributed by atoms with Crippen LogP contribution in [0.3, 0.4) is 0 Å². The molecule has 1 saturated carbocycles. The summed E-state index contributed by atoms with van der Waals surface area (Å²) in [6.45, 7) is 2.83. The average Bonchev–Trinajstić information content (AvgIpc) is 2.91. The molecule has 108 valence electrons. The lowest BCUT2D eigenvalue weighted by molar-refractivity contribution is 0.239. The van der Waals surface area contributed by atoms with Crippen LogP contribution in [0.4, 0.5) is 0 Å². The molecule has 1 fully saturated rings. The van der Waals surface area contributed by atoms with Crippen LogP contribution in [0.2, 0.25) is 0 Å². The predicted molar refractivity (Wildman–Crippen MR) is 80.7 cm³/mol. The largest absolute Gasteiger partial charge is 0.494 e. The number of ether oxygens (including phenoxy) is 1. The van der Waals surface area contributed by atoms with Crippen molar-refractivity contribution in [1.82, 2.24) is 5.32 Å². The molecule has 0 saturated heterocycles. The molecule has 3 nitrogen and oxygen atoms in total. The summed E-state index contributed by atoms with van der Waals surface area (Å²) in [5.41, 5.74) is 0.988. The third-order valence-electron chi connectivity index (χ3n) is 4.53. The van der Waals surface area contributed by atoms with Crippen molar-refractivity contribution in [2.24, 2.45) is 5.92 Å². The monoisotopic (exact) mass is 272 g/mol. The van der Waals surface area contributed by atoms with E-state index in [1.807, 2.05) is 19.2 Å². The van der Waals surface area contributed by atoms with Crippen molar-refractivity contribution in [3.05, 3.63) is 29.8 Å². The number of aryl methyl sites for hydroxylation is 1. The summed E-state index contributed by atoms with van der Waals surface area (Å²) in [7, 11) is 1.89. The molecule has 1 N–H and O–H groups in total. The number of nitrogens with one attached hydrogen (secondary N) is 1. The average molecular weight is 272 g/mol. The molecule has 1 aliphatic carbocycles. The van der Waals surface area contributed by atoms with Gasteiger partial charge >= 0.3 is 0 Å². The molecular weight excluding hydrogens is 248 g/mol. The normalized spacial score (nSPS) is 25.4. The molecule has 0 heterocycles. The molecule has 0 spiro atoms. The molecule has 0 bridgehead atoms. The fourth-order valence-corrected chi connectivity index (χ4v) is 3.14. The van der Waals surface area contributed by atoms with Crippen molar-refractivity contribution in [3.63, 3.8) is 0 Å². The van der Waals surface area contributed by atoms with E-state index >= 15 is 0 Å². The predicted octanol–water partition coefficient (Wildman–Crippen LogP) is 3.30. The molecule has 0 radical (unpaired) electrons. The van der Waals surface area contributed by atoms with Gasteiger partial charge in [-0.2, -0.15) is 5.26 Å². The Kier molecular flexibility index (Phi) is 5.03. The van der Waals surface area contributed by atoms with Crippen molar-refractivity contribution in [3.8, 4) is 11.8 Å². The lowest BCUT2D eigenvalue weighted by Gasteiger charge is -2.28. The van der Waals surface area contributed by atoms with Gasteiger partial charge < -0.3 is 10.1 Å². The van der Waals surface area contributed by atoms with Crippen LogP contribution >= 0.6 is 0 Å². The Bertz CT molecular complexity index is 463. The molecule has 2 rings (SSSR count). The van der Waals surface area contributed by atoms with Gasteiger partial charge in [0.1, 0.15) is 11.3 Å². The molecule has 1 aromatic rings. The van der Waals surface area contributed by atoms with E-state index in [4.69, 9.17) is 4.74 Å². The minimum Gasteiger partial charge on any atom is -0.494 e. The fraction of sp³-hybridized carbons (Fsp3) is 0.588. The van der Waals surface area contributed by atoms with Crippen LogP contribution in [-0.4, -0.2) is 19.2 Å². The standard InChI is InChI=1S/C17H24N2O/c1-3-14-6-8-16(9-7-14)20-12-10-15-5-4-11-17(15,13-18)19-2/h6-9,15,19H,3-5,10-12H2,1-2H3. The second-order valence-electron chi connectivity index (χ2n) is 5.56. The Balaban J connectivity index is 1.84. The quantitative estimate of drug-likeness (QED) is 0.864. The number of benzene rings is 1. The molecule has 0 amide bonds. The van der Waals surface area contributed by atoms with Crippen molar-refractivity contribution in [2.75, 3.05) is 13.7 Å². The number of rotatable bonds is 6. The third-order valence-corrected chi connectivity index (χ3v) is 4.53. The van der Waals surface area contributed by atoms with Crippen LogP contribution in [0.25, 0.3) is 0 Å². The van der Waals surface area contributed by atoms with Gasteiger partial charge in [0.05, 0.1) is 12.7 Å². The van der Waals surface area contributed by atoms with Gasteiger partial charge in [0.2, 0.25) is 0 Å². The molecule has 3 heteroatoms. The van der Waals surface area contributed by atoms with Crippen molar-refractivity contribution in [1.29, 1.82) is 5.26 Å². The molecule has 1 aromatic carbocycles. The first-order valence-electron chi connectivity index (χ1n) is 7.56. The molecule has 20 heavy (non-hydrogen) atoms. The van der Waals surface area contributed by atoms with Gasteiger partial charge in [0, 0.05) is 0 Å². The van der Waals surface area contributed by atoms with E-state index in [1.165, 1.54) is 5.56 Å². The summed E-state index contributed by atoms with van der Waals surface area (Å²) in [6.07, 6.45) is 5.19. The minimum atomic E-state index is -0.338. The highest BCUT2D eigenvalue weighted by Gasteiger charge is 2.41. The Morgan fingerprint density at radius 3 is 2.75 bits per heavy atom. The Labute approximate surface area is 121 Å². The second kappa shape index (κ2) is 6.76. The summed E-state index contributed by atoms with van der Waals surface area (Å²) in [5.74, 6) is 1.32. The zero-order valence-electron chi connectivity index (χ0n) is 12.5. The summed E-state index contributed by atoms with van der Waals surface area (Å²) < 4.78 is 5.81. The second-order valence-corrected chi connectivity index (χ2v) is 5.56. The van der Waals surface area contributed by atoms with Gasteiger partial charge in [-0.05, 0) is 56.3 Å². The number of hydrogen-bond acceptors (Lipinski definition) is 3. The maximum Gasteiger partial charge on any atom is 0.119 e. The number of nitriles is 1. The van der Waals surface area contributed by atoms with E-state index < -0.39 is 0 Å². The highest BCUT2D eigenvalue weighted by molar-refractivity contribution is 5.27. The van der Waals surface area contributed by atoms with E-state index in [-0.39, 0.29) is 5.54 Å². The molecule has 0 aromatic heterocycles. The molecular formula is C17H24N2O. The topological polar surface area (TPSA) is 45.0 Å². The molecule has 2 atom stereocenters. The van der Waals surface area contributed by atoms with E-state index in [0.717, 1.165) is 37.9 Å². The summed E-state index contributed by atoms with van der Waals surface area (Å²) >= 11 is 0. The van der Waals surface area contributed by atoms with Gasteiger partial charge in [-0.3, -0.25) is 0 Å². The Hall–Kier alpha value is -1.53. The summed E-state index contributed by atoms with van der Waals surface area (Å²) in [6, 6.07) is 10.8. The third kappa shape index (κ3) is 3.13. The van der Waals surface area contributed by atoms with Crippen molar-refractivity contribution < 1.29 is 4.74 Å². The van der Waals surface area contributed by atoms with E-state index in [9.17, 15) is 5.26 Å². The number of hydrogen-bond donors (Lipinski definition) is 1. The van der Waals surface area contributed by atoms with Crippen molar-refractivity contribution in [2.45, 2.75) is 44.6 Å². The van der Waals surface area contributed by atoms with Crippen LogP contribution < -0.4 is 10.1 Å². The zero-order chi connectivity index (χ0) is 14.4. The maximum atomic E-state index is 9.41. The maximum absolute atomic E-state index is 9.41. The lowest BCUT2D eigenvalue weighted by atomic mass is 9.86. The summed E-state index contributed by atoms with van der Waals surface area (Å²) in [4.78, 5) is 0. The van der Waals surface area contributed by atoms with E-state index in [2.05, 4.69) is 30.4 Å². The molecule has 1 aliphatic rings. The van der Waals surface area contributed by atoms with Crippen LogP contribution in [0.5, 0.6) is 5.75 Å². The van der Waals surface area contributed by atoms with Gasteiger partial charge in [0.25, 0.3) is 0 Å². The first-order chi connectivity index (χ1) is 9.74. The van der Waals surface area contributed by atoms with Crippen LogP contribution in [0.15, 0.2) is 24.3 Å². The van der Waals surface area contributed by atoms with Gasteiger partial charge in [-0.25, -0.2) is 0 Å². The highest BCUT2D eigenvalue weighted by atomic mass is 16.5. The summed E-state index contributed by atoms with van der Waals surface area (Å²) in [5, 5.41) is 12.6. The first kappa shape index (κ1) is 14.9. The number of nitrogens with zero attached hydrogens (tertiary/aromatic N) is 1. The molecule has 0 aliphatic heterocycles. The van der Waals surface area contributed by atoms with Crippen molar-refractivity contribution >= 4 is 0 Å². The van der Waals surface area contributed by atoms with Gasteiger partial charge in [0.15, 0.2) is 0 Å². The Morgan fingerprint density at radius 1 is 1.40 bits per heavy atom. The first-order valence-corrected chi connectivity index (χ1v) is 7.56. The lowest BCUT2D eigenvalue weighted by Crippen LogP contribution is -2.45. The Morgan fingerprint density at radius 2 is 2.15 bits per heavy atom. The van der Waals surface area contributed by atoms with Crippen LogP contribution in [-0.2, 0) is 6.42 Å². The van der Waals surface area contributed by atoms with Gasteiger partial charge in [-0.15, -0.1) is 0 Å². The molecule has 2 unspecified atom stereocenters. The zero-order valence-corrected chi connectivity index (χ0v) is 12.5. The SMILES string of the molecule is CCc1ccc(OCCC2CCCC2(C#N)NC)cc1. The van der Waals surface area contributed by atoms with E-state index in [1.54, 1.807) is 0 Å². The minimum absolute atomic E-state index is 0.338. The smallest absolute Gasteiger partial charge is 0.119 e. The fourth-order valence-electron chi connectivity index (χ4n) is 3.14. The van der Waals surface area contributed by atoms with Crippen LogP contribution in [0, 0.1) is 17.2 Å².